The third-order valence-electron chi connectivity index (χ3n) is 3.98. The average Bonchev–Trinajstić information content (AvgIpc) is 2.57. The normalized spacial score (nSPS) is 12.9. The van der Waals surface area contributed by atoms with E-state index in [1.807, 2.05) is 30.3 Å². The van der Waals surface area contributed by atoms with E-state index in [0.29, 0.717) is 12.8 Å². The topological polar surface area (TPSA) is 101 Å². The number of hydrogen-bond acceptors (Lipinski definition) is 3. The summed E-state index contributed by atoms with van der Waals surface area (Å²) in [6.07, 6.45) is 4.87. The van der Waals surface area contributed by atoms with Crippen molar-refractivity contribution in [2.24, 2.45) is 5.73 Å². The smallest absolute Gasteiger partial charge is 0.243 e. The predicted molar refractivity (Wildman–Crippen MR) is 97.6 cm³/mol. The Labute approximate surface area is 149 Å². The Morgan fingerprint density at radius 2 is 1.68 bits per heavy atom. The van der Waals surface area contributed by atoms with Crippen LogP contribution in [0.2, 0.25) is 0 Å². The second-order valence-electron chi connectivity index (χ2n) is 6.26. The Hall–Kier alpha value is -2.37. The molecule has 1 aromatic rings. The Morgan fingerprint density at radius 3 is 2.24 bits per heavy atom. The largest absolute Gasteiger partial charge is 0.368 e. The second-order valence-corrected chi connectivity index (χ2v) is 6.26. The molecule has 0 spiro atoms. The fraction of sp³-hybridized carbons (Fsp3) is 0.526. The van der Waals surface area contributed by atoms with Crippen LogP contribution in [0.4, 0.5) is 0 Å². The van der Waals surface area contributed by atoms with Crippen molar-refractivity contribution < 1.29 is 14.4 Å². The SMILES string of the molecule is CCCCCC[C@@H](NC(=O)[C@@H](Cc1ccccc1)NC(C)=O)C(N)=O. The quantitative estimate of drug-likeness (QED) is 0.531. The van der Waals surface area contributed by atoms with Crippen molar-refractivity contribution in [3.05, 3.63) is 35.9 Å². The molecule has 0 heterocycles. The van der Waals surface area contributed by atoms with Crippen LogP contribution in [0, 0.1) is 0 Å². The van der Waals surface area contributed by atoms with Gasteiger partial charge in [0.05, 0.1) is 0 Å². The number of nitrogens with two attached hydrogens (primary N) is 1. The number of benzene rings is 1. The minimum Gasteiger partial charge on any atom is -0.368 e. The molecule has 138 valence electrons. The lowest BCUT2D eigenvalue weighted by Gasteiger charge is -2.21. The molecule has 25 heavy (non-hydrogen) atoms. The number of hydrogen-bond donors (Lipinski definition) is 3. The Balaban J connectivity index is 2.70. The molecule has 1 rings (SSSR count). The van der Waals surface area contributed by atoms with Crippen molar-refractivity contribution in [1.82, 2.24) is 10.6 Å². The number of unbranched alkanes of at least 4 members (excludes halogenated alkanes) is 3. The monoisotopic (exact) mass is 347 g/mol. The van der Waals surface area contributed by atoms with Gasteiger partial charge in [-0.2, -0.15) is 0 Å². The molecule has 2 atom stereocenters. The molecule has 0 aliphatic carbocycles. The van der Waals surface area contributed by atoms with Gasteiger partial charge in [0.25, 0.3) is 0 Å². The molecular weight excluding hydrogens is 318 g/mol. The zero-order valence-electron chi connectivity index (χ0n) is 15.1. The van der Waals surface area contributed by atoms with Gasteiger partial charge in [0.15, 0.2) is 0 Å². The van der Waals surface area contributed by atoms with Gasteiger partial charge in [0.1, 0.15) is 12.1 Å². The maximum atomic E-state index is 12.6. The van der Waals surface area contributed by atoms with Crippen molar-refractivity contribution in [3.63, 3.8) is 0 Å². The number of carbonyl (C=O) groups is 3. The second kappa shape index (κ2) is 11.2. The van der Waals surface area contributed by atoms with Crippen molar-refractivity contribution in [3.8, 4) is 0 Å². The summed E-state index contributed by atoms with van der Waals surface area (Å²) in [7, 11) is 0. The van der Waals surface area contributed by atoms with Crippen LogP contribution >= 0.6 is 0 Å². The van der Waals surface area contributed by atoms with Crippen LogP contribution in [0.1, 0.15) is 51.5 Å². The van der Waals surface area contributed by atoms with E-state index in [0.717, 1.165) is 31.2 Å². The van der Waals surface area contributed by atoms with Gasteiger partial charge in [0, 0.05) is 13.3 Å². The molecule has 0 aliphatic heterocycles. The highest BCUT2D eigenvalue weighted by molar-refractivity contribution is 5.91. The number of amides is 3. The molecule has 0 bridgehead atoms. The number of carbonyl (C=O) groups excluding carboxylic acids is 3. The van der Waals surface area contributed by atoms with Gasteiger partial charge in [-0.1, -0.05) is 62.9 Å². The molecule has 0 fully saturated rings. The van der Waals surface area contributed by atoms with Gasteiger partial charge >= 0.3 is 0 Å². The molecule has 6 heteroatoms. The van der Waals surface area contributed by atoms with E-state index in [2.05, 4.69) is 17.6 Å². The first-order valence-corrected chi connectivity index (χ1v) is 8.84. The van der Waals surface area contributed by atoms with E-state index in [1.54, 1.807) is 0 Å². The third kappa shape index (κ3) is 8.33. The van der Waals surface area contributed by atoms with Crippen molar-refractivity contribution >= 4 is 17.7 Å². The van der Waals surface area contributed by atoms with E-state index < -0.39 is 23.9 Å². The van der Waals surface area contributed by atoms with Crippen molar-refractivity contribution in [2.45, 2.75) is 64.5 Å². The molecule has 4 N–H and O–H groups in total. The lowest BCUT2D eigenvalue weighted by molar-refractivity contribution is -0.130. The fourth-order valence-corrected chi connectivity index (χ4v) is 2.64. The summed E-state index contributed by atoms with van der Waals surface area (Å²) < 4.78 is 0. The molecule has 0 saturated heterocycles. The van der Waals surface area contributed by atoms with Crippen molar-refractivity contribution in [2.75, 3.05) is 0 Å². The predicted octanol–water partition coefficient (Wildman–Crippen LogP) is 1.67. The minimum absolute atomic E-state index is 0.297. The molecule has 0 unspecified atom stereocenters. The van der Waals surface area contributed by atoms with Crippen molar-refractivity contribution in [1.29, 1.82) is 0 Å². The summed E-state index contributed by atoms with van der Waals surface area (Å²) in [5.74, 6) is -1.24. The molecule has 3 amide bonds. The third-order valence-corrected chi connectivity index (χ3v) is 3.98. The first-order chi connectivity index (χ1) is 11.9. The van der Waals surface area contributed by atoms with Gasteiger partial charge in [-0.3, -0.25) is 14.4 Å². The maximum absolute atomic E-state index is 12.6. The van der Waals surface area contributed by atoms with Gasteiger partial charge in [-0.15, -0.1) is 0 Å². The van der Waals surface area contributed by atoms with Crippen LogP contribution in [-0.4, -0.2) is 29.8 Å². The van der Waals surface area contributed by atoms with Crippen LogP contribution in [-0.2, 0) is 20.8 Å². The molecule has 6 nitrogen and oxygen atoms in total. The summed E-state index contributed by atoms with van der Waals surface area (Å²) in [4.78, 5) is 35.6. The standard InChI is InChI=1S/C19H29N3O3/c1-3-4-5-9-12-16(18(20)24)22-19(25)17(21-14(2)23)13-15-10-7-6-8-11-15/h6-8,10-11,16-17H,3-5,9,12-13H2,1-2H3,(H2,20,24)(H,21,23)(H,22,25)/t16-,17-/m1/s1. The lowest BCUT2D eigenvalue weighted by Crippen LogP contribution is -2.53. The molecular formula is C19H29N3O3. The number of primary amides is 1. The van der Waals surface area contributed by atoms with Crippen LogP contribution in [0.5, 0.6) is 0 Å². The summed E-state index contributed by atoms with van der Waals surface area (Å²) in [5.41, 5.74) is 6.34. The first kappa shape index (κ1) is 20.7. The van der Waals surface area contributed by atoms with Crippen LogP contribution in [0.25, 0.3) is 0 Å². The van der Waals surface area contributed by atoms with Crippen LogP contribution in [0.3, 0.4) is 0 Å². The molecule has 0 saturated carbocycles. The number of nitrogens with one attached hydrogen (secondary N) is 2. The van der Waals surface area contributed by atoms with E-state index in [-0.39, 0.29) is 5.91 Å². The molecule has 0 aliphatic rings. The van der Waals surface area contributed by atoms with Gasteiger partial charge < -0.3 is 16.4 Å². The Bertz CT molecular complexity index is 560. The highest BCUT2D eigenvalue weighted by Crippen LogP contribution is 2.08. The van der Waals surface area contributed by atoms with E-state index in [4.69, 9.17) is 5.73 Å². The zero-order valence-corrected chi connectivity index (χ0v) is 15.1. The van der Waals surface area contributed by atoms with E-state index in [1.165, 1.54) is 6.92 Å². The van der Waals surface area contributed by atoms with Gasteiger partial charge in [0.2, 0.25) is 17.7 Å². The summed E-state index contributed by atoms with van der Waals surface area (Å²) in [5, 5.41) is 5.34. The average molecular weight is 347 g/mol. The molecule has 0 aromatic heterocycles. The van der Waals surface area contributed by atoms with E-state index >= 15 is 0 Å². The summed E-state index contributed by atoms with van der Waals surface area (Å²) in [6.45, 7) is 3.47. The summed E-state index contributed by atoms with van der Waals surface area (Å²) in [6, 6.07) is 7.96. The maximum Gasteiger partial charge on any atom is 0.243 e. The number of rotatable bonds is 11. The van der Waals surface area contributed by atoms with Gasteiger partial charge in [-0.05, 0) is 12.0 Å². The fourth-order valence-electron chi connectivity index (χ4n) is 2.64. The molecule has 0 radical (unpaired) electrons. The summed E-state index contributed by atoms with van der Waals surface area (Å²) >= 11 is 0. The highest BCUT2D eigenvalue weighted by atomic mass is 16.2. The van der Waals surface area contributed by atoms with E-state index in [9.17, 15) is 14.4 Å². The lowest BCUT2D eigenvalue weighted by atomic mass is 10.0. The van der Waals surface area contributed by atoms with Crippen LogP contribution < -0.4 is 16.4 Å². The highest BCUT2D eigenvalue weighted by Gasteiger charge is 2.24. The minimum atomic E-state index is -0.739. The zero-order chi connectivity index (χ0) is 18.7. The Morgan fingerprint density at radius 1 is 1.00 bits per heavy atom. The van der Waals surface area contributed by atoms with Gasteiger partial charge in [-0.25, -0.2) is 0 Å². The Kier molecular flexibility index (Phi) is 9.29. The molecule has 1 aromatic carbocycles. The van der Waals surface area contributed by atoms with Crippen LogP contribution in [0.15, 0.2) is 30.3 Å². The first-order valence-electron chi connectivity index (χ1n) is 8.84.